The molecule has 4 nitrogen and oxygen atoms in total. The molecule has 0 rings (SSSR count). The van der Waals surface area contributed by atoms with E-state index < -0.39 is 6.04 Å². The lowest BCUT2D eigenvalue weighted by molar-refractivity contribution is -0.131. The molecule has 0 aliphatic carbocycles. The molecular formula is C11H22N2O2. The number of rotatable bonds is 5. The summed E-state index contributed by atoms with van der Waals surface area (Å²) in [4.78, 5) is 23.0. The summed E-state index contributed by atoms with van der Waals surface area (Å²) in [6.07, 6.45) is 0.858. The highest BCUT2D eigenvalue weighted by molar-refractivity contribution is 5.88. The molecule has 88 valence electrons. The van der Waals surface area contributed by atoms with Crippen LogP contribution in [0, 0.1) is 11.8 Å². The molecule has 0 aliphatic heterocycles. The molecule has 4 heteroatoms. The van der Waals surface area contributed by atoms with Crippen molar-refractivity contribution in [1.29, 1.82) is 0 Å². The van der Waals surface area contributed by atoms with Gasteiger partial charge in [-0.3, -0.25) is 9.59 Å². The Balaban J connectivity index is 4.51. The van der Waals surface area contributed by atoms with Crippen LogP contribution in [0.15, 0.2) is 0 Å². The first-order chi connectivity index (χ1) is 6.93. The average molecular weight is 214 g/mol. The second kappa shape index (κ2) is 6.43. The Hall–Kier alpha value is -1.06. The quantitative estimate of drug-likeness (QED) is 0.715. The van der Waals surface area contributed by atoms with Gasteiger partial charge in [-0.15, -0.1) is 0 Å². The largest absolute Gasteiger partial charge is 0.357 e. The molecule has 2 atom stereocenters. The van der Waals surface area contributed by atoms with Crippen LogP contribution in [-0.2, 0) is 9.59 Å². The van der Waals surface area contributed by atoms with E-state index >= 15 is 0 Å². The summed E-state index contributed by atoms with van der Waals surface area (Å²) in [6.45, 7) is 7.59. The minimum atomic E-state index is -0.421. The third-order valence-electron chi connectivity index (χ3n) is 2.56. The summed E-state index contributed by atoms with van der Waals surface area (Å²) in [7, 11) is 1.58. The van der Waals surface area contributed by atoms with E-state index in [4.69, 9.17) is 0 Å². The number of nitrogens with one attached hydrogen (secondary N) is 2. The number of hydrogen-bond acceptors (Lipinski definition) is 2. The maximum atomic E-state index is 11.5. The third kappa shape index (κ3) is 4.32. The van der Waals surface area contributed by atoms with Gasteiger partial charge >= 0.3 is 0 Å². The highest BCUT2D eigenvalue weighted by Gasteiger charge is 2.25. The predicted octanol–water partition coefficient (Wildman–Crippen LogP) is 0.919. The van der Waals surface area contributed by atoms with Gasteiger partial charge in [0.25, 0.3) is 0 Å². The van der Waals surface area contributed by atoms with E-state index in [9.17, 15) is 9.59 Å². The zero-order chi connectivity index (χ0) is 12.0. The monoisotopic (exact) mass is 214 g/mol. The first-order valence-electron chi connectivity index (χ1n) is 5.46. The molecule has 0 aromatic heterocycles. The van der Waals surface area contributed by atoms with Gasteiger partial charge < -0.3 is 10.6 Å². The number of carbonyl (C=O) groups is 2. The smallest absolute Gasteiger partial charge is 0.242 e. The van der Waals surface area contributed by atoms with Crippen LogP contribution in [0.4, 0.5) is 0 Å². The van der Waals surface area contributed by atoms with Crippen LogP contribution in [-0.4, -0.2) is 24.9 Å². The molecule has 2 amide bonds. The van der Waals surface area contributed by atoms with Crippen molar-refractivity contribution in [1.82, 2.24) is 10.6 Å². The molecule has 0 aliphatic rings. The second-order valence-electron chi connectivity index (χ2n) is 4.14. The average Bonchev–Trinajstić information content (AvgIpc) is 2.23. The van der Waals surface area contributed by atoms with Crippen LogP contribution in [0.25, 0.3) is 0 Å². The zero-order valence-corrected chi connectivity index (χ0v) is 10.3. The molecule has 0 heterocycles. The maximum absolute atomic E-state index is 11.5. The van der Waals surface area contributed by atoms with Gasteiger partial charge in [-0.1, -0.05) is 34.1 Å². The van der Waals surface area contributed by atoms with E-state index in [1.807, 2.05) is 27.7 Å². The Morgan fingerprint density at radius 3 is 2.00 bits per heavy atom. The SMILES string of the molecule is CC[C@H](C)[C@H](NC(=O)C(C)C)C(=O)NC. The Bertz CT molecular complexity index is 227. The molecule has 0 saturated carbocycles. The van der Waals surface area contributed by atoms with Crippen LogP contribution in [0.1, 0.15) is 34.1 Å². The fourth-order valence-corrected chi connectivity index (χ4v) is 1.18. The highest BCUT2D eigenvalue weighted by atomic mass is 16.2. The summed E-state index contributed by atoms with van der Waals surface area (Å²) in [5.74, 6) is -0.156. The minimum absolute atomic E-state index is 0.0797. The van der Waals surface area contributed by atoms with Crippen molar-refractivity contribution in [2.24, 2.45) is 11.8 Å². The van der Waals surface area contributed by atoms with Crippen molar-refractivity contribution in [3.8, 4) is 0 Å². The van der Waals surface area contributed by atoms with E-state index in [-0.39, 0.29) is 23.7 Å². The summed E-state index contributed by atoms with van der Waals surface area (Å²) in [5.41, 5.74) is 0. The van der Waals surface area contributed by atoms with E-state index in [0.717, 1.165) is 6.42 Å². The third-order valence-corrected chi connectivity index (χ3v) is 2.56. The summed E-state index contributed by atoms with van der Waals surface area (Å²) in [5, 5.41) is 5.34. The molecule has 0 unspecified atom stereocenters. The van der Waals surface area contributed by atoms with Gasteiger partial charge in [0.05, 0.1) is 0 Å². The van der Waals surface area contributed by atoms with Gasteiger partial charge in [-0.25, -0.2) is 0 Å². The Kier molecular flexibility index (Phi) is 5.97. The van der Waals surface area contributed by atoms with E-state index in [1.54, 1.807) is 7.05 Å². The molecule has 0 spiro atoms. The van der Waals surface area contributed by atoms with Crippen molar-refractivity contribution >= 4 is 11.8 Å². The van der Waals surface area contributed by atoms with Crippen LogP contribution < -0.4 is 10.6 Å². The maximum Gasteiger partial charge on any atom is 0.242 e. The fourth-order valence-electron chi connectivity index (χ4n) is 1.18. The number of hydrogen-bond donors (Lipinski definition) is 2. The fraction of sp³-hybridized carbons (Fsp3) is 0.818. The molecule has 0 fully saturated rings. The van der Waals surface area contributed by atoms with E-state index in [2.05, 4.69) is 10.6 Å². The lowest BCUT2D eigenvalue weighted by Crippen LogP contribution is -2.50. The number of likely N-dealkylation sites (N-methyl/N-ethyl adjacent to an activating group) is 1. The zero-order valence-electron chi connectivity index (χ0n) is 10.3. The summed E-state index contributed by atoms with van der Waals surface area (Å²) in [6, 6.07) is -0.421. The van der Waals surface area contributed by atoms with Crippen molar-refractivity contribution < 1.29 is 9.59 Å². The minimum Gasteiger partial charge on any atom is -0.357 e. The molecule has 0 bridgehead atoms. The molecular weight excluding hydrogens is 192 g/mol. The first-order valence-corrected chi connectivity index (χ1v) is 5.46. The van der Waals surface area contributed by atoms with Crippen LogP contribution in [0.5, 0.6) is 0 Å². The highest BCUT2D eigenvalue weighted by Crippen LogP contribution is 2.08. The van der Waals surface area contributed by atoms with E-state index in [0.29, 0.717) is 0 Å². The van der Waals surface area contributed by atoms with Gasteiger partial charge in [0.2, 0.25) is 11.8 Å². The number of amides is 2. The van der Waals surface area contributed by atoms with Gasteiger partial charge in [0.1, 0.15) is 6.04 Å². The van der Waals surface area contributed by atoms with Gasteiger partial charge in [0.15, 0.2) is 0 Å². The van der Waals surface area contributed by atoms with Gasteiger partial charge in [0, 0.05) is 13.0 Å². The van der Waals surface area contributed by atoms with Crippen molar-refractivity contribution in [3.63, 3.8) is 0 Å². The van der Waals surface area contributed by atoms with Crippen molar-refractivity contribution in [2.45, 2.75) is 40.2 Å². The normalized spacial score (nSPS) is 14.5. The Morgan fingerprint density at radius 2 is 1.67 bits per heavy atom. The van der Waals surface area contributed by atoms with Gasteiger partial charge in [-0.05, 0) is 5.92 Å². The van der Waals surface area contributed by atoms with Crippen LogP contribution in [0.3, 0.4) is 0 Å². The van der Waals surface area contributed by atoms with Crippen molar-refractivity contribution in [3.05, 3.63) is 0 Å². The lowest BCUT2D eigenvalue weighted by atomic mass is 9.97. The molecule has 15 heavy (non-hydrogen) atoms. The van der Waals surface area contributed by atoms with Crippen LogP contribution in [0.2, 0.25) is 0 Å². The predicted molar refractivity (Wildman–Crippen MR) is 60.3 cm³/mol. The Morgan fingerprint density at radius 1 is 1.13 bits per heavy atom. The van der Waals surface area contributed by atoms with Crippen LogP contribution >= 0.6 is 0 Å². The van der Waals surface area contributed by atoms with Gasteiger partial charge in [-0.2, -0.15) is 0 Å². The molecule has 2 N–H and O–H groups in total. The summed E-state index contributed by atoms with van der Waals surface area (Å²) < 4.78 is 0. The molecule has 0 aromatic rings. The number of carbonyl (C=O) groups excluding carboxylic acids is 2. The first kappa shape index (κ1) is 13.9. The second-order valence-corrected chi connectivity index (χ2v) is 4.14. The topological polar surface area (TPSA) is 58.2 Å². The molecule has 0 aromatic carbocycles. The lowest BCUT2D eigenvalue weighted by Gasteiger charge is -2.23. The Labute approximate surface area is 91.8 Å². The molecule has 0 saturated heterocycles. The standard InChI is InChI=1S/C11H22N2O2/c1-6-8(4)9(11(15)12-5)13-10(14)7(2)3/h7-9H,6H2,1-5H3,(H,12,15)(H,13,14)/t8-,9-/m0/s1. The molecule has 0 radical (unpaired) electrons. The van der Waals surface area contributed by atoms with E-state index in [1.165, 1.54) is 0 Å². The summed E-state index contributed by atoms with van der Waals surface area (Å²) >= 11 is 0. The van der Waals surface area contributed by atoms with Crippen molar-refractivity contribution in [2.75, 3.05) is 7.05 Å².